The van der Waals surface area contributed by atoms with Gasteiger partial charge in [0.15, 0.2) is 0 Å². The Labute approximate surface area is 328 Å². The second kappa shape index (κ2) is 17.5. The van der Waals surface area contributed by atoms with E-state index in [1.165, 1.54) is 25.7 Å². The lowest BCUT2D eigenvalue weighted by Gasteiger charge is -2.33. The molecule has 0 atom stereocenters. The number of amides is 1. The van der Waals surface area contributed by atoms with E-state index in [1.54, 1.807) is 53.5 Å². The van der Waals surface area contributed by atoms with Gasteiger partial charge in [0, 0.05) is 49.9 Å². The zero-order valence-electron chi connectivity index (χ0n) is 31.0. The number of thiophene rings is 2. The van der Waals surface area contributed by atoms with Gasteiger partial charge in [-0.2, -0.15) is 0 Å². The maximum atomic E-state index is 11.6. The molecule has 8 N–H and O–H groups in total. The standard InChI is InChI=1S/C19H23N5OS.C19H22N4O2S.ClH.H3N/c1-24(2)13-6-4-12(5-7-13)23-18-16-14-9-11(17(20)25)3-8-15(14)26-19(16)22-10-21-18;1-23(2)13-6-4-12(5-7-13)22-17-16-14-9-11(19(24)25)3-8-15(14)26-18(16)21-10-20-17;;/h3,8-10,12-13H,4-7H2,1-2H3,(H2,20,25)(H,21,22,23);3,8-10,12-13H,4-7H2,1-2H3,(H,24,25)(H,20,21,22);1H;1H3. The van der Waals surface area contributed by atoms with Crippen molar-refractivity contribution >= 4 is 99.2 Å². The molecule has 2 aliphatic carbocycles. The molecule has 6 aromatic rings. The molecule has 13 nitrogen and oxygen atoms in total. The average Bonchev–Trinajstić information content (AvgIpc) is 3.71. The Hall–Kier alpha value is -4.25. The van der Waals surface area contributed by atoms with Crippen LogP contribution in [0.25, 0.3) is 40.6 Å². The quantitative estimate of drug-likeness (QED) is 0.101. The highest BCUT2D eigenvalue weighted by Gasteiger charge is 2.25. The van der Waals surface area contributed by atoms with E-state index in [2.05, 4.69) is 68.6 Å². The molecule has 4 aromatic heterocycles. The van der Waals surface area contributed by atoms with E-state index in [0.717, 1.165) is 77.9 Å². The van der Waals surface area contributed by atoms with Crippen molar-refractivity contribution in [1.29, 1.82) is 0 Å². The number of hydrogen-bond donors (Lipinski definition) is 5. The third kappa shape index (κ3) is 8.66. The summed E-state index contributed by atoms with van der Waals surface area (Å²) >= 11 is 3.18. The fourth-order valence-corrected chi connectivity index (χ4v) is 9.63. The molecule has 4 heterocycles. The Morgan fingerprint density at radius 2 is 1.09 bits per heavy atom. The zero-order chi connectivity index (χ0) is 36.5. The molecule has 0 radical (unpaired) electrons. The maximum absolute atomic E-state index is 11.6. The van der Waals surface area contributed by atoms with Gasteiger partial charge in [-0.25, -0.2) is 24.7 Å². The molecule has 1 amide bonds. The molecule has 2 aliphatic rings. The highest BCUT2D eigenvalue weighted by atomic mass is 35.5. The number of nitrogens with zero attached hydrogens (tertiary/aromatic N) is 6. The first-order valence-corrected chi connectivity index (χ1v) is 19.4. The zero-order valence-corrected chi connectivity index (χ0v) is 33.5. The summed E-state index contributed by atoms with van der Waals surface area (Å²) in [5.41, 5.74) is 6.26. The summed E-state index contributed by atoms with van der Waals surface area (Å²) in [4.78, 5) is 47.2. The third-order valence-electron chi connectivity index (χ3n) is 10.6. The molecular formula is C38H49ClN10O3S2. The van der Waals surface area contributed by atoms with Crippen molar-refractivity contribution in [3.8, 4) is 0 Å². The lowest BCUT2D eigenvalue weighted by molar-refractivity contribution is 0.0696. The number of fused-ring (bicyclic) bond motifs is 6. The highest BCUT2D eigenvalue weighted by Crippen LogP contribution is 2.39. The Balaban J connectivity index is 0.000000200. The van der Waals surface area contributed by atoms with Crippen LogP contribution in [0.4, 0.5) is 11.6 Å². The number of carbonyl (C=O) groups is 2. The van der Waals surface area contributed by atoms with Gasteiger partial charge in [-0.15, -0.1) is 35.1 Å². The SMILES string of the molecule is CN(C)C1CCC(Nc2ncnc3sc4ccc(C(=O)O)cc4c23)CC1.CN(C)C1CCC(Nc2ncnc3sc4ccc(C(N)=O)cc4c23)CC1.Cl.N. The summed E-state index contributed by atoms with van der Waals surface area (Å²) in [6.07, 6.45) is 12.4. The molecule has 0 saturated heterocycles. The molecular weight excluding hydrogens is 744 g/mol. The predicted octanol–water partition coefficient (Wildman–Crippen LogP) is 7.64. The summed E-state index contributed by atoms with van der Waals surface area (Å²) in [6, 6.07) is 12.9. The molecule has 0 unspecified atom stereocenters. The van der Waals surface area contributed by atoms with Crippen LogP contribution < -0.4 is 22.5 Å². The summed E-state index contributed by atoms with van der Waals surface area (Å²) < 4.78 is 2.12. The van der Waals surface area contributed by atoms with Crippen molar-refractivity contribution in [3.63, 3.8) is 0 Å². The second-order valence-electron chi connectivity index (χ2n) is 14.3. The van der Waals surface area contributed by atoms with Crippen molar-refractivity contribution in [1.82, 2.24) is 35.9 Å². The monoisotopic (exact) mass is 792 g/mol. The number of nitrogens with one attached hydrogen (secondary N) is 2. The Morgan fingerprint density at radius 3 is 1.48 bits per heavy atom. The van der Waals surface area contributed by atoms with Crippen molar-refractivity contribution in [2.24, 2.45) is 5.73 Å². The van der Waals surface area contributed by atoms with Gasteiger partial charge in [-0.05, 0) is 116 Å². The van der Waals surface area contributed by atoms with Crippen LogP contribution in [0.15, 0.2) is 49.1 Å². The molecule has 2 saturated carbocycles. The van der Waals surface area contributed by atoms with Crippen LogP contribution in [0.5, 0.6) is 0 Å². The topological polar surface area (TPSA) is 197 Å². The predicted molar refractivity (Wildman–Crippen MR) is 224 cm³/mol. The van der Waals surface area contributed by atoms with Gasteiger partial charge in [-0.3, -0.25) is 4.79 Å². The van der Waals surface area contributed by atoms with Crippen LogP contribution in [-0.2, 0) is 0 Å². The first kappa shape index (κ1) is 40.9. The summed E-state index contributed by atoms with van der Waals surface area (Å²) in [7, 11) is 8.59. The Kier molecular flexibility index (Phi) is 13.2. The lowest BCUT2D eigenvalue weighted by Crippen LogP contribution is -2.36. The molecule has 0 bridgehead atoms. The van der Waals surface area contributed by atoms with E-state index >= 15 is 0 Å². The van der Waals surface area contributed by atoms with Crippen LogP contribution in [0.3, 0.4) is 0 Å². The Morgan fingerprint density at radius 1 is 0.685 bits per heavy atom. The molecule has 2 aromatic carbocycles. The van der Waals surface area contributed by atoms with E-state index in [9.17, 15) is 14.7 Å². The molecule has 2 fully saturated rings. The molecule has 0 spiro atoms. The molecule has 288 valence electrons. The van der Waals surface area contributed by atoms with Gasteiger partial charge in [0.25, 0.3) is 0 Å². The maximum Gasteiger partial charge on any atom is 0.335 e. The van der Waals surface area contributed by atoms with Crippen molar-refractivity contribution in [2.45, 2.75) is 75.5 Å². The average molecular weight is 793 g/mol. The second-order valence-corrected chi connectivity index (χ2v) is 16.4. The van der Waals surface area contributed by atoms with Gasteiger partial charge in [-0.1, -0.05) is 0 Å². The highest BCUT2D eigenvalue weighted by molar-refractivity contribution is 7.26. The number of aromatic carboxylic acids is 1. The van der Waals surface area contributed by atoms with Crippen LogP contribution >= 0.6 is 35.1 Å². The lowest BCUT2D eigenvalue weighted by atomic mass is 9.90. The number of nitrogens with two attached hydrogens (primary N) is 1. The van der Waals surface area contributed by atoms with Crippen LogP contribution in [0, 0.1) is 0 Å². The van der Waals surface area contributed by atoms with Gasteiger partial charge in [0.2, 0.25) is 5.91 Å². The summed E-state index contributed by atoms with van der Waals surface area (Å²) in [5.74, 6) is 0.340. The van der Waals surface area contributed by atoms with E-state index in [0.29, 0.717) is 35.3 Å². The molecule has 16 heteroatoms. The number of halogens is 1. The van der Waals surface area contributed by atoms with Crippen LogP contribution in [0.2, 0.25) is 0 Å². The minimum absolute atomic E-state index is 0. The summed E-state index contributed by atoms with van der Waals surface area (Å²) in [6.45, 7) is 0. The van der Waals surface area contributed by atoms with Crippen molar-refractivity contribution in [2.75, 3.05) is 38.8 Å². The molecule has 8 rings (SSSR count). The third-order valence-corrected chi connectivity index (χ3v) is 12.8. The number of carboxylic acid groups (broad SMARTS) is 1. The Bertz CT molecular complexity index is 2090. The normalized spacial score (nSPS) is 20.0. The molecule has 54 heavy (non-hydrogen) atoms. The smallest absolute Gasteiger partial charge is 0.335 e. The van der Waals surface area contributed by atoms with E-state index < -0.39 is 11.9 Å². The number of primary amides is 1. The number of carbonyl (C=O) groups excluding carboxylic acids is 1. The van der Waals surface area contributed by atoms with Crippen molar-refractivity contribution < 1.29 is 14.7 Å². The summed E-state index contributed by atoms with van der Waals surface area (Å²) in [5, 5.41) is 20.4. The largest absolute Gasteiger partial charge is 0.478 e. The fraction of sp³-hybridized carbons (Fsp3) is 0.421. The minimum Gasteiger partial charge on any atom is -0.478 e. The first-order chi connectivity index (χ1) is 25.0. The first-order valence-electron chi connectivity index (χ1n) is 17.8. The van der Waals surface area contributed by atoms with Crippen LogP contribution in [0.1, 0.15) is 72.1 Å². The van der Waals surface area contributed by atoms with E-state index in [-0.39, 0.29) is 18.6 Å². The fourth-order valence-electron chi connectivity index (χ4n) is 7.58. The molecule has 0 aliphatic heterocycles. The van der Waals surface area contributed by atoms with Gasteiger partial charge >= 0.3 is 5.97 Å². The van der Waals surface area contributed by atoms with Gasteiger partial charge in [0.1, 0.15) is 34.0 Å². The number of hydrogen-bond acceptors (Lipinski definition) is 13. The van der Waals surface area contributed by atoms with Crippen LogP contribution in [-0.4, -0.2) is 99.1 Å². The number of benzene rings is 2. The number of rotatable bonds is 8. The number of anilines is 2. The van der Waals surface area contributed by atoms with Gasteiger partial charge in [0.05, 0.1) is 16.3 Å². The van der Waals surface area contributed by atoms with Crippen molar-refractivity contribution in [3.05, 3.63) is 60.2 Å². The minimum atomic E-state index is -0.917. The van der Waals surface area contributed by atoms with Gasteiger partial charge < -0.3 is 37.4 Å². The number of carboxylic acids is 1. The van der Waals surface area contributed by atoms with E-state index in [1.807, 2.05) is 18.2 Å². The van der Waals surface area contributed by atoms with E-state index in [4.69, 9.17) is 5.73 Å². The number of aromatic nitrogens is 4.